The molecule has 0 aliphatic carbocycles. The van der Waals surface area contributed by atoms with E-state index in [9.17, 15) is 4.79 Å². The largest absolute Gasteiger partial charge is 0.341 e. The monoisotopic (exact) mass is 374 g/mol. The molecule has 0 saturated heterocycles. The van der Waals surface area contributed by atoms with Crippen molar-refractivity contribution in [3.8, 4) is 0 Å². The van der Waals surface area contributed by atoms with Gasteiger partial charge < -0.3 is 5.32 Å². The fourth-order valence-corrected chi connectivity index (χ4v) is 3.75. The summed E-state index contributed by atoms with van der Waals surface area (Å²) in [6.45, 7) is 1.94. The van der Waals surface area contributed by atoms with Crippen molar-refractivity contribution in [3.05, 3.63) is 79.4 Å². The topological polar surface area (TPSA) is 42.0 Å². The van der Waals surface area contributed by atoms with Gasteiger partial charge in [0.2, 0.25) is 5.91 Å². The Hall–Kier alpha value is -1.95. The molecule has 1 amide bonds. The molecule has 2 heterocycles. The highest BCUT2D eigenvalue weighted by atomic mass is 35.5. The first-order chi connectivity index (χ1) is 11.6. The third kappa shape index (κ3) is 4.32. The summed E-state index contributed by atoms with van der Waals surface area (Å²) in [6, 6.07) is 11.3. The number of aromatic nitrogens is 1. The maximum atomic E-state index is 12.3. The fourth-order valence-electron chi connectivity index (χ4n) is 2.24. The number of carbonyl (C=O) groups is 1. The van der Waals surface area contributed by atoms with Crippen LogP contribution in [-0.4, -0.2) is 10.9 Å². The Balaban J connectivity index is 1.78. The average Bonchev–Trinajstić information content (AvgIpc) is 3.23. The van der Waals surface area contributed by atoms with Crippen LogP contribution in [-0.2, 0) is 4.79 Å². The molecule has 0 radical (unpaired) electrons. The van der Waals surface area contributed by atoms with Crippen LogP contribution in [0.4, 0.5) is 0 Å². The maximum Gasteiger partial charge on any atom is 0.244 e. The molecule has 1 unspecified atom stereocenters. The van der Waals surface area contributed by atoms with Crippen molar-refractivity contribution in [3.63, 3.8) is 0 Å². The van der Waals surface area contributed by atoms with Crippen molar-refractivity contribution in [2.24, 2.45) is 0 Å². The van der Waals surface area contributed by atoms with E-state index in [2.05, 4.69) is 10.3 Å². The van der Waals surface area contributed by atoms with Crippen LogP contribution < -0.4 is 5.32 Å². The molecule has 1 aromatic carbocycles. The number of halogens is 1. The Bertz CT molecular complexity index is 838. The van der Waals surface area contributed by atoms with E-state index in [1.807, 2.05) is 54.1 Å². The zero-order valence-electron chi connectivity index (χ0n) is 12.9. The highest BCUT2D eigenvalue weighted by Gasteiger charge is 2.16. The third-order valence-electron chi connectivity index (χ3n) is 3.36. The molecule has 122 valence electrons. The number of thiophene rings is 1. The van der Waals surface area contributed by atoms with Gasteiger partial charge in [-0.25, -0.2) is 4.98 Å². The average molecular weight is 375 g/mol. The highest BCUT2D eigenvalue weighted by Crippen LogP contribution is 2.27. The van der Waals surface area contributed by atoms with Gasteiger partial charge in [0, 0.05) is 21.4 Å². The Kier molecular flexibility index (Phi) is 5.45. The van der Waals surface area contributed by atoms with E-state index >= 15 is 0 Å². The van der Waals surface area contributed by atoms with Crippen LogP contribution in [0.5, 0.6) is 0 Å². The minimum Gasteiger partial charge on any atom is -0.341 e. The Morgan fingerprint density at radius 1 is 1.25 bits per heavy atom. The number of benzene rings is 1. The predicted octanol–water partition coefficient (Wildman–Crippen LogP) is 5.09. The van der Waals surface area contributed by atoms with E-state index in [4.69, 9.17) is 11.6 Å². The van der Waals surface area contributed by atoms with Crippen LogP contribution in [0.1, 0.15) is 27.2 Å². The molecule has 0 spiro atoms. The van der Waals surface area contributed by atoms with Gasteiger partial charge in [0.15, 0.2) is 0 Å². The molecular formula is C18H15ClN2OS2. The van der Waals surface area contributed by atoms with Gasteiger partial charge in [-0.2, -0.15) is 0 Å². The number of rotatable bonds is 5. The molecule has 1 atom stereocenters. The lowest BCUT2D eigenvalue weighted by Crippen LogP contribution is -2.27. The Morgan fingerprint density at radius 2 is 2.04 bits per heavy atom. The quantitative estimate of drug-likeness (QED) is 0.632. The summed E-state index contributed by atoms with van der Waals surface area (Å²) in [5.41, 5.74) is 1.79. The number of hydrogen-bond acceptors (Lipinski definition) is 4. The van der Waals surface area contributed by atoms with Crippen LogP contribution in [0.2, 0.25) is 5.02 Å². The van der Waals surface area contributed by atoms with E-state index in [0.717, 1.165) is 21.1 Å². The standard InChI is InChI=1S/C18H15ClN2OS2/c1-12-20-15(11-24-12)8-9-17(22)21-18(16-3-2-10-23-16)13-4-6-14(19)7-5-13/h2-11,18H,1H3,(H,21,22)/b9-8+. The van der Waals surface area contributed by atoms with Crippen LogP contribution in [0.3, 0.4) is 0 Å². The predicted molar refractivity (Wildman–Crippen MR) is 102 cm³/mol. The lowest BCUT2D eigenvalue weighted by atomic mass is 10.1. The fraction of sp³-hybridized carbons (Fsp3) is 0.111. The van der Waals surface area contributed by atoms with Gasteiger partial charge in [-0.3, -0.25) is 4.79 Å². The number of nitrogens with zero attached hydrogens (tertiary/aromatic N) is 1. The van der Waals surface area contributed by atoms with Gasteiger partial charge in [0.05, 0.1) is 16.7 Å². The molecule has 6 heteroatoms. The lowest BCUT2D eigenvalue weighted by Gasteiger charge is -2.17. The molecule has 2 aromatic heterocycles. The third-order valence-corrected chi connectivity index (χ3v) is 5.34. The molecule has 3 aromatic rings. The van der Waals surface area contributed by atoms with Crippen molar-refractivity contribution in [2.75, 3.05) is 0 Å². The minimum absolute atomic E-state index is 0.158. The van der Waals surface area contributed by atoms with E-state index in [-0.39, 0.29) is 11.9 Å². The summed E-state index contributed by atoms with van der Waals surface area (Å²) in [6.07, 6.45) is 3.25. The van der Waals surface area contributed by atoms with Gasteiger partial charge >= 0.3 is 0 Å². The molecule has 0 aliphatic heterocycles. The second-order valence-corrected chi connectivity index (χ2v) is 7.61. The first kappa shape index (κ1) is 16.9. The number of aryl methyl sites for hydroxylation is 1. The van der Waals surface area contributed by atoms with Gasteiger partial charge in [-0.1, -0.05) is 29.8 Å². The summed E-state index contributed by atoms with van der Waals surface area (Å²) in [5.74, 6) is -0.158. The van der Waals surface area contributed by atoms with Crippen LogP contribution in [0.25, 0.3) is 6.08 Å². The van der Waals surface area contributed by atoms with Crippen LogP contribution in [0, 0.1) is 6.92 Å². The van der Waals surface area contributed by atoms with Crippen molar-refractivity contribution < 1.29 is 4.79 Å². The van der Waals surface area contributed by atoms with Crippen LogP contribution >= 0.6 is 34.3 Å². The molecule has 0 aliphatic rings. The summed E-state index contributed by atoms with van der Waals surface area (Å²) >= 11 is 9.13. The van der Waals surface area contributed by atoms with Gasteiger partial charge in [0.1, 0.15) is 0 Å². The lowest BCUT2D eigenvalue weighted by molar-refractivity contribution is -0.116. The molecule has 3 nitrogen and oxygen atoms in total. The van der Waals surface area contributed by atoms with Crippen LogP contribution in [0.15, 0.2) is 53.2 Å². The molecule has 0 bridgehead atoms. The second-order valence-electron chi connectivity index (χ2n) is 5.13. The van der Waals surface area contributed by atoms with E-state index in [1.54, 1.807) is 28.7 Å². The Morgan fingerprint density at radius 3 is 2.67 bits per heavy atom. The molecule has 24 heavy (non-hydrogen) atoms. The summed E-state index contributed by atoms with van der Waals surface area (Å²) in [4.78, 5) is 17.7. The molecular weight excluding hydrogens is 360 g/mol. The first-order valence-corrected chi connectivity index (χ1v) is 9.45. The van der Waals surface area contributed by atoms with Gasteiger partial charge in [0.25, 0.3) is 0 Å². The first-order valence-electron chi connectivity index (χ1n) is 7.31. The summed E-state index contributed by atoms with van der Waals surface area (Å²) in [5, 5.41) is 8.63. The number of carbonyl (C=O) groups excluding carboxylic acids is 1. The zero-order chi connectivity index (χ0) is 16.9. The van der Waals surface area contributed by atoms with E-state index in [1.165, 1.54) is 6.08 Å². The maximum absolute atomic E-state index is 12.3. The second kappa shape index (κ2) is 7.75. The molecule has 1 N–H and O–H groups in total. The van der Waals surface area contributed by atoms with Gasteiger partial charge in [-0.15, -0.1) is 22.7 Å². The SMILES string of the molecule is Cc1nc(/C=C/C(=O)NC(c2ccc(Cl)cc2)c2cccs2)cs1. The number of nitrogens with one attached hydrogen (secondary N) is 1. The molecule has 0 saturated carbocycles. The number of hydrogen-bond donors (Lipinski definition) is 1. The normalized spacial score (nSPS) is 12.4. The van der Waals surface area contributed by atoms with Crippen molar-refractivity contribution in [2.45, 2.75) is 13.0 Å². The zero-order valence-corrected chi connectivity index (χ0v) is 15.3. The Labute approximate surface area is 153 Å². The summed E-state index contributed by atoms with van der Waals surface area (Å²) < 4.78 is 0. The number of amides is 1. The van der Waals surface area contributed by atoms with Crippen molar-refractivity contribution in [1.29, 1.82) is 0 Å². The van der Waals surface area contributed by atoms with Crippen molar-refractivity contribution in [1.82, 2.24) is 10.3 Å². The van der Waals surface area contributed by atoms with Crippen molar-refractivity contribution >= 4 is 46.3 Å². The van der Waals surface area contributed by atoms with E-state index < -0.39 is 0 Å². The summed E-state index contributed by atoms with van der Waals surface area (Å²) in [7, 11) is 0. The molecule has 3 rings (SSSR count). The highest BCUT2D eigenvalue weighted by molar-refractivity contribution is 7.10. The number of thiazole rings is 1. The van der Waals surface area contributed by atoms with Gasteiger partial charge in [-0.05, 0) is 42.1 Å². The minimum atomic E-state index is -0.198. The smallest absolute Gasteiger partial charge is 0.244 e. The van der Waals surface area contributed by atoms with E-state index in [0.29, 0.717) is 5.02 Å². The molecule has 0 fully saturated rings.